The summed E-state index contributed by atoms with van der Waals surface area (Å²) in [6.07, 6.45) is 2.84. The van der Waals surface area contributed by atoms with E-state index < -0.39 is 0 Å². The van der Waals surface area contributed by atoms with Crippen molar-refractivity contribution < 1.29 is 4.52 Å². The molecule has 150 valence electrons. The van der Waals surface area contributed by atoms with Crippen LogP contribution in [0.1, 0.15) is 28.3 Å². The molecule has 1 saturated heterocycles. The molecule has 0 spiro atoms. The van der Waals surface area contributed by atoms with Crippen LogP contribution in [0.4, 0.5) is 0 Å². The molecule has 9 heteroatoms. The van der Waals surface area contributed by atoms with E-state index in [1.54, 1.807) is 11.3 Å². The van der Waals surface area contributed by atoms with Gasteiger partial charge in [0.15, 0.2) is 5.96 Å². The molecule has 1 aliphatic heterocycles. The number of thiazole rings is 1. The van der Waals surface area contributed by atoms with Crippen molar-refractivity contribution in [1.82, 2.24) is 25.3 Å². The van der Waals surface area contributed by atoms with Gasteiger partial charge in [-0.25, -0.2) is 4.98 Å². The van der Waals surface area contributed by atoms with Gasteiger partial charge in [0.2, 0.25) is 0 Å². The van der Waals surface area contributed by atoms with Gasteiger partial charge in [-0.15, -0.1) is 35.3 Å². The highest BCUT2D eigenvalue weighted by Gasteiger charge is 2.20. The average Bonchev–Trinajstić information content (AvgIpc) is 3.23. The van der Waals surface area contributed by atoms with Crippen molar-refractivity contribution in [3.63, 3.8) is 0 Å². The number of hydrogen-bond acceptors (Lipinski definition) is 6. The molecule has 1 fully saturated rings. The van der Waals surface area contributed by atoms with Gasteiger partial charge in [-0.05, 0) is 20.8 Å². The van der Waals surface area contributed by atoms with Gasteiger partial charge in [0.25, 0.3) is 0 Å². The van der Waals surface area contributed by atoms with Crippen LogP contribution in [0.2, 0.25) is 0 Å². The van der Waals surface area contributed by atoms with Crippen molar-refractivity contribution >= 4 is 41.3 Å². The number of guanidine groups is 1. The lowest BCUT2D eigenvalue weighted by Gasteiger charge is -2.36. The molecule has 0 aromatic carbocycles. The van der Waals surface area contributed by atoms with Crippen LogP contribution in [0.3, 0.4) is 0 Å². The fourth-order valence-corrected chi connectivity index (χ4v) is 3.82. The van der Waals surface area contributed by atoms with E-state index in [1.165, 1.54) is 4.88 Å². The van der Waals surface area contributed by atoms with E-state index in [9.17, 15) is 0 Å². The zero-order chi connectivity index (χ0) is 18.4. The lowest BCUT2D eigenvalue weighted by molar-refractivity contribution is 0.169. The van der Waals surface area contributed by atoms with E-state index in [-0.39, 0.29) is 24.0 Å². The van der Waals surface area contributed by atoms with Crippen LogP contribution in [0.5, 0.6) is 0 Å². The van der Waals surface area contributed by atoms with Gasteiger partial charge < -0.3 is 14.7 Å². The standard InChI is InChI=1S/C18H28N6OS.HI/c1-4-19-18(20-6-5-17-21-12-15(3)26-17)24-9-7-23(8-10-24)13-16-11-14(2)25-22-16;/h11-12H,4-10,13H2,1-3H3,(H,19,20);1H. The number of nitrogens with zero attached hydrogens (tertiary/aromatic N) is 5. The van der Waals surface area contributed by atoms with Crippen LogP contribution in [0.25, 0.3) is 0 Å². The van der Waals surface area contributed by atoms with Crippen molar-refractivity contribution in [1.29, 1.82) is 0 Å². The molecular formula is C18H29IN6OS. The van der Waals surface area contributed by atoms with Crippen molar-refractivity contribution in [2.45, 2.75) is 33.7 Å². The molecule has 7 nitrogen and oxygen atoms in total. The lowest BCUT2D eigenvalue weighted by atomic mass is 10.3. The second kappa shape index (κ2) is 11.0. The molecule has 0 radical (unpaired) electrons. The van der Waals surface area contributed by atoms with Crippen LogP contribution in [0.15, 0.2) is 21.8 Å². The van der Waals surface area contributed by atoms with Gasteiger partial charge in [-0.2, -0.15) is 0 Å². The Kier molecular flexibility index (Phi) is 8.97. The zero-order valence-electron chi connectivity index (χ0n) is 16.3. The number of aliphatic imine (C=N–C) groups is 1. The first-order valence-corrected chi connectivity index (χ1v) is 10.0. The predicted octanol–water partition coefficient (Wildman–Crippen LogP) is 2.69. The molecule has 1 aliphatic rings. The molecule has 0 atom stereocenters. The maximum atomic E-state index is 5.16. The van der Waals surface area contributed by atoms with Crippen LogP contribution in [-0.2, 0) is 13.0 Å². The second-order valence-corrected chi connectivity index (χ2v) is 7.86. The Balaban J connectivity index is 0.00000261. The van der Waals surface area contributed by atoms with Gasteiger partial charge in [0.1, 0.15) is 5.76 Å². The van der Waals surface area contributed by atoms with Gasteiger partial charge in [-0.3, -0.25) is 9.89 Å². The molecule has 0 amide bonds. The topological polar surface area (TPSA) is 69.8 Å². The molecular weight excluding hydrogens is 475 g/mol. The Morgan fingerprint density at radius 2 is 2.07 bits per heavy atom. The van der Waals surface area contributed by atoms with E-state index in [0.29, 0.717) is 0 Å². The van der Waals surface area contributed by atoms with Crippen molar-refractivity contribution in [3.05, 3.63) is 33.6 Å². The Morgan fingerprint density at radius 1 is 1.30 bits per heavy atom. The second-order valence-electron chi connectivity index (χ2n) is 6.54. The van der Waals surface area contributed by atoms with Crippen molar-refractivity contribution in [2.24, 2.45) is 4.99 Å². The summed E-state index contributed by atoms with van der Waals surface area (Å²) in [5.74, 6) is 1.88. The fraction of sp³-hybridized carbons (Fsp3) is 0.611. The van der Waals surface area contributed by atoms with Crippen LogP contribution in [-0.4, -0.2) is 65.2 Å². The first-order valence-electron chi connectivity index (χ1n) is 9.23. The highest BCUT2D eigenvalue weighted by atomic mass is 127. The number of hydrogen-bond donors (Lipinski definition) is 1. The normalized spacial score (nSPS) is 15.7. The molecule has 27 heavy (non-hydrogen) atoms. The first-order chi connectivity index (χ1) is 12.6. The quantitative estimate of drug-likeness (QED) is 0.371. The number of rotatable bonds is 6. The minimum Gasteiger partial charge on any atom is -0.361 e. The summed E-state index contributed by atoms with van der Waals surface area (Å²) in [7, 11) is 0. The summed E-state index contributed by atoms with van der Waals surface area (Å²) in [5.41, 5.74) is 1.01. The molecule has 0 unspecified atom stereocenters. The van der Waals surface area contributed by atoms with E-state index in [4.69, 9.17) is 9.52 Å². The van der Waals surface area contributed by atoms with Gasteiger partial charge in [0, 0.05) is 69.4 Å². The maximum absolute atomic E-state index is 5.16. The molecule has 0 aliphatic carbocycles. The molecule has 0 bridgehead atoms. The van der Waals surface area contributed by atoms with E-state index in [1.807, 2.05) is 19.2 Å². The number of aromatic nitrogens is 2. The Morgan fingerprint density at radius 3 is 2.67 bits per heavy atom. The number of nitrogens with one attached hydrogen (secondary N) is 1. The molecule has 1 N–H and O–H groups in total. The zero-order valence-corrected chi connectivity index (χ0v) is 19.4. The smallest absolute Gasteiger partial charge is 0.194 e. The molecule has 2 aromatic rings. The van der Waals surface area contributed by atoms with Crippen molar-refractivity contribution in [2.75, 3.05) is 39.3 Å². The number of piperazine rings is 1. The molecule has 3 rings (SSSR count). The third kappa shape index (κ3) is 6.72. The Hall–Kier alpha value is -1.20. The maximum Gasteiger partial charge on any atom is 0.194 e. The Bertz CT molecular complexity index is 723. The minimum absolute atomic E-state index is 0. The number of aryl methyl sites for hydroxylation is 2. The summed E-state index contributed by atoms with van der Waals surface area (Å²) in [4.78, 5) is 15.2. The monoisotopic (exact) mass is 504 g/mol. The summed E-state index contributed by atoms with van der Waals surface area (Å²) in [6, 6.07) is 2.01. The third-order valence-electron chi connectivity index (χ3n) is 4.33. The van der Waals surface area contributed by atoms with Crippen molar-refractivity contribution in [3.8, 4) is 0 Å². The predicted molar refractivity (Wildman–Crippen MR) is 120 cm³/mol. The third-order valence-corrected chi connectivity index (χ3v) is 5.30. The average molecular weight is 504 g/mol. The largest absolute Gasteiger partial charge is 0.361 e. The van der Waals surface area contributed by atoms with Gasteiger partial charge >= 0.3 is 0 Å². The summed E-state index contributed by atoms with van der Waals surface area (Å²) in [5, 5.41) is 8.68. The lowest BCUT2D eigenvalue weighted by Crippen LogP contribution is -2.52. The van der Waals surface area contributed by atoms with Crippen LogP contribution in [0, 0.1) is 13.8 Å². The first kappa shape index (κ1) is 22.1. The molecule has 0 saturated carbocycles. The van der Waals surface area contributed by atoms with E-state index in [2.05, 4.69) is 39.1 Å². The Labute approximate surface area is 182 Å². The highest BCUT2D eigenvalue weighted by molar-refractivity contribution is 14.0. The summed E-state index contributed by atoms with van der Waals surface area (Å²) in [6.45, 7) is 12.6. The SMILES string of the molecule is CCNC(=NCCc1ncc(C)s1)N1CCN(Cc2cc(C)on2)CC1.I. The van der Waals surface area contributed by atoms with E-state index >= 15 is 0 Å². The van der Waals surface area contributed by atoms with Gasteiger partial charge in [-0.1, -0.05) is 5.16 Å². The van der Waals surface area contributed by atoms with Gasteiger partial charge in [0.05, 0.1) is 10.7 Å². The van der Waals surface area contributed by atoms with Crippen LogP contribution >= 0.6 is 35.3 Å². The fourth-order valence-electron chi connectivity index (χ4n) is 3.04. The summed E-state index contributed by atoms with van der Waals surface area (Å²) < 4.78 is 5.16. The minimum atomic E-state index is 0. The summed E-state index contributed by atoms with van der Waals surface area (Å²) >= 11 is 1.76. The highest BCUT2D eigenvalue weighted by Crippen LogP contribution is 2.12. The van der Waals surface area contributed by atoms with E-state index in [0.717, 1.165) is 74.7 Å². The molecule has 3 heterocycles. The molecule has 2 aromatic heterocycles. The van der Waals surface area contributed by atoms with Crippen LogP contribution < -0.4 is 5.32 Å². The number of halogens is 1.